The van der Waals surface area contributed by atoms with Gasteiger partial charge in [-0.1, -0.05) is 25.4 Å². The fourth-order valence-corrected chi connectivity index (χ4v) is 2.09. The van der Waals surface area contributed by atoms with Crippen LogP contribution >= 0.6 is 11.6 Å². The molecule has 18 heavy (non-hydrogen) atoms. The summed E-state index contributed by atoms with van der Waals surface area (Å²) in [6.45, 7) is 11.3. The topological polar surface area (TPSA) is 28.2 Å². The largest absolute Gasteiger partial charge is 0.354 e. The number of aromatic nitrogens is 1. The SMILES string of the molecule is CCNCc1nc(N(CC)C(C)CC)ccc1Cl. The van der Waals surface area contributed by atoms with Gasteiger partial charge in [0, 0.05) is 19.1 Å². The second-order valence-electron chi connectivity index (χ2n) is 4.42. The van der Waals surface area contributed by atoms with Crippen LogP contribution in [0.25, 0.3) is 0 Å². The van der Waals surface area contributed by atoms with Gasteiger partial charge in [0.2, 0.25) is 0 Å². The molecular formula is C14H24ClN3. The normalized spacial score (nSPS) is 12.5. The number of pyridine rings is 1. The molecule has 1 atom stereocenters. The lowest BCUT2D eigenvalue weighted by atomic mass is 10.2. The molecule has 0 fully saturated rings. The van der Waals surface area contributed by atoms with E-state index in [-0.39, 0.29) is 0 Å². The Balaban J connectivity index is 2.94. The number of hydrogen-bond acceptors (Lipinski definition) is 3. The van der Waals surface area contributed by atoms with Gasteiger partial charge in [-0.3, -0.25) is 0 Å². The Labute approximate surface area is 116 Å². The Morgan fingerprint density at radius 3 is 2.61 bits per heavy atom. The second-order valence-corrected chi connectivity index (χ2v) is 4.83. The molecule has 1 N–H and O–H groups in total. The van der Waals surface area contributed by atoms with E-state index in [9.17, 15) is 0 Å². The lowest BCUT2D eigenvalue weighted by molar-refractivity contribution is 0.619. The van der Waals surface area contributed by atoms with Crippen molar-refractivity contribution >= 4 is 17.4 Å². The van der Waals surface area contributed by atoms with Gasteiger partial charge >= 0.3 is 0 Å². The summed E-state index contributed by atoms with van der Waals surface area (Å²) < 4.78 is 0. The molecule has 0 spiro atoms. The van der Waals surface area contributed by atoms with Crippen molar-refractivity contribution in [3.8, 4) is 0 Å². The van der Waals surface area contributed by atoms with Crippen molar-refractivity contribution in [3.05, 3.63) is 22.8 Å². The van der Waals surface area contributed by atoms with Crippen molar-refractivity contribution in [2.45, 2.75) is 46.7 Å². The summed E-state index contributed by atoms with van der Waals surface area (Å²) in [5.41, 5.74) is 0.928. The third kappa shape index (κ3) is 3.85. The zero-order valence-electron chi connectivity index (χ0n) is 11.8. The van der Waals surface area contributed by atoms with Crippen LogP contribution in [0.1, 0.15) is 39.8 Å². The first-order valence-electron chi connectivity index (χ1n) is 6.76. The van der Waals surface area contributed by atoms with E-state index >= 15 is 0 Å². The highest BCUT2D eigenvalue weighted by Crippen LogP contribution is 2.21. The lowest BCUT2D eigenvalue weighted by Crippen LogP contribution is -2.33. The van der Waals surface area contributed by atoms with Crippen LogP contribution in [0.2, 0.25) is 5.02 Å². The number of rotatable bonds is 7. The molecule has 1 aromatic rings. The van der Waals surface area contributed by atoms with Gasteiger partial charge < -0.3 is 10.2 Å². The van der Waals surface area contributed by atoms with Crippen LogP contribution in [0, 0.1) is 0 Å². The van der Waals surface area contributed by atoms with E-state index in [2.05, 4.69) is 42.9 Å². The Morgan fingerprint density at radius 2 is 2.06 bits per heavy atom. The highest BCUT2D eigenvalue weighted by atomic mass is 35.5. The molecule has 0 saturated heterocycles. The minimum Gasteiger partial charge on any atom is -0.354 e. The van der Waals surface area contributed by atoms with Crippen LogP contribution in [-0.2, 0) is 6.54 Å². The van der Waals surface area contributed by atoms with Crippen LogP contribution in [-0.4, -0.2) is 24.1 Å². The maximum atomic E-state index is 6.17. The minimum atomic E-state index is 0.496. The van der Waals surface area contributed by atoms with E-state index in [0.29, 0.717) is 6.04 Å². The summed E-state index contributed by atoms with van der Waals surface area (Å²) in [5.74, 6) is 1.02. The molecule has 0 aliphatic rings. The number of anilines is 1. The van der Waals surface area contributed by atoms with Crippen LogP contribution in [0.3, 0.4) is 0 Å². The van der Waals surface area contributed by atoms with Gasteiger partial charge in [0.1, 0.15) is 5.82 Å². The van der Waals surface area contributed by atoms with Gasteiger partial charge in [0.05, 0.1) is 10.7 Å². The van der Waals surface area contributed by atoms with E-state index in [1.807, 2.05) is 12.1 Å². The number of halogens is 1. The van der Waals surface area contributed by atoms with Crippen molar-refractivity contribution < 1.29 is 0 Å². The zero-order valence-corrected chi connectivity index (χ0v) is 12.6. The third-order valence-electron chi connectivity index (χ3n) is 3.20. The monoisotopic (exact) mass is 269 g/mol. The third-order valence-corrected chi connectivity index (χ3v) is 3.55. The lowest BCUT2D eigenvalue weighted by Gasteiger charge is -2.28. The Bertz CT molecular complexity index is 368. The van der Waals surface area contributed by atoms with E-state index in [1.165, 1.54) is 0 Å². The molecule has 0 aliphatic carbocycles. The average Bonchev–Trinajstić information content (AvgIpc) is 2.39. The quantitative estimate of drug-likeness (QED) is 0.822. The zero-order chi connectivity index (χ0) is 13.5. The Morgan fingerprint density at radius 1 is 1.33 bits per heavy atom. The van der Waals surface area contributed by atoms with Crippen molar-refractivity contribution in [2.24, 2.45) is 0 Å². The average molecular weight is 270 g/mol. The standard InChI is InChI=1S/C14H24ClN3/c1-5-11(4)18(7-3)14-9-8-12(15)13(17-14)10-16-6-2/h8-9,11,16H,5-7,10H2,1-4H3. The maximum Gasteiger partial charge on any atom is 0.129 e. The first kappa shape index (κ1) is 15.3. The van der Waals surface area contributed by atoms with Gasteiger partial charge in [-0.2, -0.15) is 0 Å². The molecule has 1 rings (SSSR count). The molecule has 0 aromatic carbocycles. The molecule has 1 aromatic heterocycles. The van der Waals surface area contributed by atoms with E-state index in [0.717, 1.165) is 42.6 Å². The molecule has 4 heteroatoms. The number of hydrogen-bond donors (Lipinski definition) is 1. The van der Waals surface area contributed by atoms with Gasteiger partial charge in [-0.05, 0) is 38.9 Å². The van der Waals surface area contributed by atoms with E-state index in [1.54, 1.807) is 0 Å². The molecule has 0 bridgehead atoms. The molecule has 0 radical (unpaired) electrons. The van der Waals surface area contributed by atoms with Crippen LogP contribution in [0.5, 0.6) is 0 Å². The van der Waals surface area contributed by atoms with Gasteiger partial charge in [-0.15, -0.1) is 0 Å². The predicted octanol–water partition coefficient (Wildman–Crippen LogP) is 3.47. The van der Waals surface area contributed by atoms with E-state index in [4.69, 9.17) is 11.6 Å². The van der Waals surface area contributed by atoms with Crippen molar-refractivity contribution in [2.75, 3.05) is 18.0 Å². The van der Waals surface area contributed by atoms with Gasteiger partial charge in [-0.25, -0.2) is 4.98 Å². The maximum absolute atomic E-state index is 6.17. The predicted molar refractivity (Wildman–Crippen MR) is 79.4 cm³/mol. The smallest absolute Gasteiger partial charge is 0.129 e. The van der Waals surface area contributed by atoms with Crippen molar-refractivity contribution in [1.82, 2.24) is 10.3 Å². The number of nitrogens with zero attached hydrogens (tertiary/aromatic N) is 2. The Kier molecular flexibility index (Phi) is 6.44. The number of nitrogens with one attached hydrogen (secondary N) is 1. The minimum absolute atomic E-state index is 0.496. The summed E-state index contributed by atoms with van der Waals surface area (Å²) in [7, 11) is 0. The fraction of sp³-hybridized carbons (Fsp3) is 0.643. The molecule has 0 aliphatic heterocycles. The fourth-order valence-electron chi connectivity index (χ4n) is 1.92. The molecule has 102 valence electrons. The summed E-state index contributed by atoms with van der Waals surface area (Å²) in [4.78, 5) is 6.99. The highest BCUT2D eigenvalue weighted by molar-refractivity contribution is 6.31. The molecule has 0 amide bonds. The summed E-state index contributed by atoms with van der Waals surface area (Å²) in [6.07, 6.45) is 1.11. The van der Waals surface area contributed by atoms with Crippen molar-refractivity contribution in [1.29, 1.82) is 0 Å². The molecular weight excluding hydrogens is 246 g/mol. The van der Waals surface area contributed by atoms with Crippen molar-refractivity contribution in [3.63, 3.8) is 0 Å². The van der Waals surface area contributed by atoms with Gasteiger partial charge in [0.15, 0.2) is 0 Å². The Hall–Kier alpha value is -0.800. The summed E-state index contributed by atoms with van der Waals surface area (Å²) in [5, 5.41) is 4.00. The first-order chi connectivity index (χ1) is 8.63. The van der Waals surface area contributed by atoms with E-state index < -0.39 is 0 Å². The highest BCUT2D eigenvalue weighted by Gasteiger charge is 2.13. The van der Waals surface area contributed by atoms with Crippen LogP contribution in [0.4, 0.5) is 5.82 Å². The van der Waals surface area contributed by atoms with Crippen LogP contribution < -0.4 is 10.2 Å². The molecule has 3 nitrogen and oxygen atoms in total. The molecule has 0 saturated carbocycles. The molecule has 1 unspecified atom stereocenters. The second kappa shape index (κ2) is 7.59. The molecule has 1 heterocycles. The summed E-state index contributed by atoms with van der Waals surface area (Å²) >= 11 is 6.17. The first-order valence-corrected chi connectivity index (χ1v) is 7.14. The van der Waals surface area contributed by atoms with Crippen LogP contribution in [0.15, 0.2) is 12.1 Å². The summed E-state index contributed by atoms with van der Waals surface area (Å²) in [6, 6.07) is 4.45. The van der Waals surface area contributed by atoms with Gasteiger partial charge in [0.25, 0.3) is 0 Å².